The van der Waals surface area contributed by atoms with Gasteiger partial charge in [0.2, 0.25) is 0 Å². The molecule has 3 aromatic rings. The van der Waals surface area contributed by atoms with E-state index < -0.39 is 5.97 Å². The first-order chi connectivity index (χ1) is 13.6. The van der Waals surface area contributed by atoms with E-state index in [1.165, 1.54) is 10.9 Å². The lowest BCUT2D eigenvalue weighted by Crippen LogP contribution is -2.18. The van der Waals surface area contributed by atoms with Gasteiger partial charge in [-0.2, -0.15) is 5.10 Å². The molecule has 0 atom stereocenters. The summed E-state index contributed by atoms with van der Waals surface area (Å²) in [5.74, 6) is -0.0957. The number of carbonyl (C=O) groups is 2. The maximum atomic E-state index is 12.8. The van der Waals surface area contributed by atoms with Crippen molar-refractivity contribution in [3.8, 4) is 11.4 Å². The van der Waals surface area contributed by atoms with E-state index >= 15 is 0 Å². The van der Waals surface area contributed by atoms with Crippen molar-refractivity contribution in [2.45, 2.75) is 13.8 Å². The number of hydrogen-bond acceptors (Lipinski definition) is 5. The number of anilines is 1. The number of esters is 1. The van der Waals surface area contributed by atoms with Gasteiger partial charge in [0.25, 0.3) is 5.91 Å². The second-order valence-electron chi connectivity index (χ2n) is 5.79. The molecule has 0 aliphatic heterocycles. The van der Waals surface area contributed by atoms with Crippen LogP contribution >= 0.6 is 0 Å². The van der Waals surface area contributed by atoms with Gasteiger partial charge in [-0.05, 0) is 44.2 Å². The molecule has 0 saturated carbocycles. The van der Waals surface area contributed by atoms with Gasteiger partial charge in [0.15, 0.2) is 5.82 Å². The maximum absolute atomic E-state index is 12.8. The molecule has 0 aliphatic carbocycles. The van der Waals surface area contributed by atoms with Gasteiger partial charge in [0, 0.05) is 5.56 Å². The Hall–Kier alpha value is -3.61. The average Bonchev–Trinajstić information content (AvgIpc) is 3.13. The number of amides is 1. The molecule has 144 valence electrons. The Kier molecular flexibility index (Phi) is 6.06. The predicted molar refractivity (Wildman–Crippen MR) is 105 cm³/mol. The summed E-state index contributed by atoms with van der Waals surface area (Å²) >= 11 is 0. The number of ether oxygens (including phenoxy) is 2. The van der Waals surface area contributed by atoms with E-state index in [4.69, 9.17) is 9.47 Å². The lowest BCUT2D eigenvalue weighted by molar-refractivity contribution is 0.0527. The highest BCUT2D eigenvalue weighted by atomic mass is 16.5. The quantitative estimate of drug-likeness (QED) is 0.633. The first-order valence-corrected chi connectivity index (χ1v) is 8.98. The molecule has 0 spiro atoms. The van der Waals surface area contributed by atoms with Gasteiger partial charge in [0.1, 0.15) is 11.3 Å². The number of hydrogen-bond donors (Lipinski definition) is 1. The third-order valence-electron chi connectivity index (χ3n) is 3.90. The van der Waals surface area contributed by atoms with Gasteiger partial charge in [-0.3, -0.25) is 4.79 Å². The van der Waals surface area contributed by atoms with Crippen molar-refractivity contribution in [3.63, 3.8) is 0 Å². The number of benzene rings is 2. The predicted octanol–water partition coefficient (Wildman–Crippen LogP) is 3.70. The second kappa shape index (κ2) is 8.85. The van der Waals surface area contributed by atoms with Gasteiger partial charge in [0.05, 0.1) is 25.1 Å². The maximum Gasteiger partial charge on any atom is 0.343 e. The summed E-state index contributed by atoms with van der Waals surface area (Å²) in [6, 6.07) is 16.0. The SMILES string of the molecule is CCOC(=O)c1cnn(-c2ccccc2)c1NC(=O)c1cccc(OCC)c1. The fourth-order valence-corrected chi connectivity index (χ4v) is 2.67. The summed E-state index contributed by atoms with van der Waals surface area (Å²) in [4.78, 5) is 25.1. The van der Waals surface area contributed by atoms with Crippen LogP contribution in [0.1, 0.15) is 34.6 Å². The minimum Gasteiger partial charge on any atom is -0.494 e. The van der Waals surface area contributed by atoms with E-state index in [9.17, 15) is 9.59 Å². The normalized spacial score (nSPS) is 10.4. The highest BCUT2D eigenvalue weighted by molar-refractivity contribution is 6.07. The molecule has 28 heavy (non-hydrogen) atoms. The van der Waals surface area contributed by atoms with Gasteiger partial charge in [-0.25, -0.2) is 9.48 Å². The summed E-state index contributed by atoms with van der Waals surface area (Å²) in [7, 11) is 0. The largest absolute Gasteiger partial charge is 0.494 e. The Morgan fingerprint density at radius 1 is 1.04 bits per heavy atom. The molecule has 1 amide bonds. The molecule has 1 heterocycles. The van der Waals surface area contributed by atoms with Crippen LogP contribution in [0.4, 0.5) is 5.82 Å². The summed E-state index contributed by atoms with van der Waals surface area (Å²) in [6.07, 6.45) is 1.39. The van der Waals surface area contributed by atoms with Crippen LogP contribution in [-0.2, 0) is 4.74 Å². The van der Waals surface area contributed by atoms with Crippen LogP contribution in [0.3, 0.4) is 0 Å². The fraction of sp³-hybridized carbons (Fsp3) is 0.190. The lowest BCUT2D eigenvalue weighted by Gasteiger charge is -2.12. The summed E-state index contributed by atoms with van der Waals surface area (Å²) in [5.41, 5.74) is 1.29. The summed E-state index contributed by atoms with van der Waals surface area (Å²) < 4.78 is 12.0. The molecule has 7 heteroatoms. The molecule has 3 rings (SSSR count). The molecule has 7 nitrogen and oxygen atoms in total. The molecular weight excluding hydrogens is 358 g/mol. The fourth-order valence-electron chi connectivity index (χ4n) is 2.67. The summed E-state index contributed by atoms with van der Waals surface area (Å²) in [6.45, 7) is 4.31. The van der Waals surface area contributed by atoms with Crippen molar-refractivity contribution in [1.29, 1.82) is 0 Å². The third-order valence-corrected chi connectivity index (χ3v) is 3.90. The zero-order valence-corrected chi connectivity index (χ0v) is 15.7. The number of nitrogens with zero attached hydrogens (tertiary/aromatic N) is 2. The van der Waals surface area contributed by atoms with Crippen molar-refractivity contribution in [3.05, 3.63) is 71.9 Å². The lowest BCUT2D eigenvalue weighted by atomic mass is 10.2. The zero-order valence-electron chi connectivity index (χ0n) is 15.7. The molecule has 0 saturated heterocycles. The van der Waals surface area contributed by atoms with Crippen molar-refractivity contribution < 1.29 is 19.1 Å². The van der Waals surface area contributed by atoms with Crippen molar-refractivity contribution in [2.75, 3.05) is 18.5 Å². The highest BCUT2D eigenvalue weighted by Crippen LogP contribution is 2.23. The standard InChI is InChI=1S/C21H21N3O4/c1-3-27-17-12-8-9-15(13-17)20(25)23-19-18(21(26)28-4-2)14-22-24(19)16-10-6-5-7-11-16/h5-14H,3-4H2,1-2H3,(H,23,25). The minimum atomic E-state index is -0.553. The Morgan fingerprint density at radius 2 is 1.82 bits per heavy atom. The molecule has 0 fully saturated rings. The van der Waals surface area contributed by atoms with E-state index in [0.717, 1.165) is 0 Å². The van der Waals surface area contributed by atoms with E-state index in [1.54, 1.807) is 31.2 Å². The van der Waals surface area contributed by atoms with Gasteiger partial charge in [-0.1, -0.05) is 24.3 Å². The molecule has 0 unspecified atom stereocenters. The molecule has 0 aliphatic rings. The van der Waals surface area contributed by atoms with E-state index in [2.05, 4.69) is 10.4 Å². The van der Waals surface area contributed by atoms with Crippen LogP contribution in [0, 0.1) is 0 Å². The smallest absolute Gasteiger partial charge is 0.343 e. The first kappa shape index (κ1) is 19.2. The topological polar surface area (TPSA) is 82.5 Å². The monoisotopic (exact) mass is 379 g/mol. The Bertz CT molecular complexity index is 967. The van der Waals surface area contributed by atoms with Crippen LogP contribution in [0.2, 0.25) is 0 Å². The molecule has 0 bridgehead atoms. The number of para-hydroxylation sites is 1. The van der Waals surface area contributed by atoms with Crippen LogP contribution in [0.25, 0.3) is 5.69 Å². The number of aromatic nitrogens is 2. The average molecular weight is 379 g/mol. The minimum absolute atomic E-state index is 0.181. The summed E-state index contributed by atoms with van der Waals surface area (Å²) in [5, 5.41) is 7.05. The van der Waals surface area contributed by atoms with Crippen LogP contribution in [0.15, 0.2) is 60.8 Å². The Morgan fingerprint density at radius 3 is 2.54 bits per heavy atom. The molecule has 2 aromatic carbocycles. The van der Waals surface area contributed by atoms with Crippen molar-refractivity contribution in [1.82, 2.24) is 9.78 Å². The number of rotatable bonds is 7. The van der Waals surface area contributed by atoms with Gasteiger partial charge >= 0.3 is 5.97 Å². The molecule has 1 N–H and O–H groups in total. The van der Waals surface area contributed by atoms with E-state index in [1.807, 2.05) is 37.3 Å². The van der Waals surface area contributed by atoms with E-state index in [0.29, 0.717) is 23.6 Å². The molecule has 1 aromatic heterocycles. The Balaban J connectivity index is 1.97. The highest BCUT2D eigenvalue weighted by Gasteiger charge is 2.22. The first-order valence-electron chi connectivity index (χ1n) is 8.98. The van der Waals surface area contributed by atoms with E-state index in [-0.39, 0.29) is 23.9 Å². The zero-order chi connectivity index (χ0) is 19.9. The van der Waals surface area contributed by atoms with Crippen LogP contribution in [0.5, 0.6) is 5.75 Å². The van der Waals surface area contributed by atoms with Crippen LogP contribution in [-0.4, -0.2) is 34.9 Å². The van der Waals surface area contributed by atoms with Crippen molar-refractivity contribution >= 4 is 17.7 Å². The van der Waals surface area contributed by atoms with Gasteiger partial charge in [-0.15, -0.1) is 0 Å². The molecule has 0 radical (unpaired) electrons. The molecular formula is C21H21N3O4. The third kappa shape index (κ3) is 4.20. The Labute approximate surface area is 162 Å². The van der Waals surface area contributed by atoms with Crippen molar-refractivity contribution in [2.24, 2.45) is 0 Å². The number of nitrogens with one attached hydrogen (secondary N) is 1. The van der Waals surface area contributed by atoms with Gasteiger partial charge < -0.3 is 14.8 Å². The second-order valence-corrected chi connectivity index (χ2v) is 5.79. The number of carbonyl (C=O) groups excluding carboxylic acids is 2. The van der Waals surface area contributed by atoms with Crippen LogP contribution < -0.4 is 10.1 Å².